The maximum atomic E-state index is 11.9. The van der Waals surface area contributed by atoms with Crippen LogP contribution in [-0.4, -0.2) is 37.6 Å². The van der Waals surface area contributed by atoms with Crippen molar-refractivity contribution in [2.24, 2.45) is 0 Å². The molecule has 2 N–H and O–H groups in total. The second-order valence-corrected chi connectivity index (χ2v) is 3.75. The third-order valence-corrected chi connectivity index (χ3v) is 2.48. The first-order chi connectivity index (χ1) is 9.10. The number of nitro groups is 1. The van der Waals surface area contributed by atoms with Crippen LogP contribution < -0.4 is 15.4 Å². The van der Waals surface area contributed by atoms with E-state index in [2.05, 4.69) is 10.6 Å². The molecule has 0 spiro atoms. The molecule has 1 aromatic rings. The number of non-ortho nitro benzene ring substituents is 1. The molecule has 8 heteroatoms. The number of carbonyl (C=O) groups excluding carboxylic acids is 1. The number of hydrogen-bond acceptors (Lipinski definition) is 5. The first-order valence-electron chi connectivity index (χ1n) is 5.91. The van der Waals surface area contributed by atoms with Crippen molar-refractivity contribution >= 4 is 24.0 Å². The van der Waals surface area contributed by atoms with Crippen LogP contribution in [0.4, 0.5) is 5.69 Å². The number of nitrogens with one attached hydrogen (secondary N) is 2. The van der Waals surface area contributed by atoms with Gasteiger partial charge in [-0.25, -0.2) is 0 Å². The number of rotatable bonds is 7. The molecule has 7 nitrogen and oxygen atoms in total. The van der Waals surface area contributed by atoms with Gasteiger partial charge in [0.2, 0.25) is 0 Å². The first kappa shape index (κ1) is 18.1. The topological polar surface area (TPSA) is 93.5 Å². The quantitative estimate of drug-likeness (QED) is 0.451. The number of likely N-dealkylation sites (N-methyl/N-ethyl adjacent to an activating group) is 1. The average molecular weight is 304 g/mol. The molecule has 20 heavy (non-hydrogen) atoms. The average Bonchev–Trinajstić information content (AvgIpc) is 2.42. The van der Waals surface area contributed by atoms with Crippen molar-refractivity contribution in [3.8, 4) is 5.75 Å². The summed E-state index contributed by atoms with van der Waals surface area (Å²) >= 11 is 0. The normalized spacial score (nSPS) is 9.50. The maximum Gasteiger partial charge on any atom is 0.270 e. The molecule has 1 aromatic carbocycles. The summed E-state index contributed by atoms with van der Waals surface area (Å²) in [5.74, 6) is -0.0787. The fourth-order valence-electron chi connectivity index (χ4n) is 1.52. The van der Waals surface area contributed by atoms with E-state index in [9.17, 15) is 14.9 Å². The van der Waals surface area contributed by atoms with Crippen LogP contribution in [0, 0.1) is 10.1 Å². The molecule has 0 aliphatic heterocycles. The van der Waals surface area contributed by atoms with Crippen LogP contribution in [0.5, 0.6) is 5.75 Å². The van der Waals surface area contributed by atoms with Crippen LogP contribution in [-0.2, 0) is 0 Å². The smallest absolute Gasteiger partial charge is 0.270 e. The Bertz CT molecular complexity index is 468. The van der Waals surface area contributed by atoms with E-state index in [0.29, 0.717) is 18.8 Å². The standard InChI is InChI=1S/C12H17N3O4.ClH/c1-3-13-6-7-14-12(16)10-8-9(15(17)18)4-5-11(10)19-2;/h4-5,8,13H,3,6-7H2,1-2H3,(H,14,16);1H. The van der Waals surface area contributed by atoms with E-state index >= 15 is 0 Å². The molecular weight excluding hydrogens is 286 g/mol. The van der Waals surface area contributed by atoms with Gasteiger partial charge in [-0.3, -0.25) is 14.9 Å². The summed E-state index contributed by atoms with van der Waals surface area (Å²) in [6.07, 6.45) is 0. The molecule has 0 aliphatic carbocycles. The summed E-state index contributed by atoms with van der Waals surface area (Å²) in [6, 6.07) is 3.92. The Hall–Kier alpha value is -1.86. The van der Waals surface area contributed by atoms with Crippen LogP contribution in [0.2, 0.25) is 0 Å². The number of amides is 1. The Kier molecular flexibility index (Phi) is 8.26. The predicted molar refractivity (Wildman–Crippen MR) is 77.8 cm³/mol. The zero-order valence-corrected chi connectivity index (χ0v) is 12.2. The number of ether oxygens (including phenoxy) is 1. The van der Waals surface area contributed by atoms with Gasteiger partial charge in [0.25, 0.3) is 11.6 Å². The highest BCUT2D eigenvalue weighted by Gasteiger charge is 2.16. The van der Waals surface area contributed by atoms with Crippen molar-refractivity contribution in [1.82, 2.24) is 10.6 Å². The Morgan fingerprint density at radius 3 is 2.65 bits per heavy atom. The summed E-state index contributed by atoms with van der Waals surface area (Å²) in [4.78, 5) is 22.1. The molecule has 0 heterocycles. The van der Waals surface area contributed by atoms with Crippen molar-refractivity contribution in [1.29, 1.82) is 0 Å². The molecule has 0 bridgehead atoms. The molecule has 0 fully saturated rings. The van der Waals surface area contributed by atoms with E-state index in [0.717, 1.165) is 6.54 Å². The molecule has 0 saturated heterocycles. The molecule has 0 aliphatic rings. The first-order valence-corrected chi connectivity index (χ1v) is 5.91. The van der Waals surface area contributed by atoms with Gasteiger partial charge in [0, 0.05) is 25.2 Å². The van der Waals surface area contributed by atoms with Gasteiger partial charge in [-0.15, -0.1) is 12.4 Å². The zero-order chi connectivity index (χ0) is 14.3. The highest BCUT2D eigenvalue weighted by Crippen LogP contribution is 2.23. The Morgan fingerprint density at radius 1 is 1.40 bits per heavy atom. The van der Waals surface area contributed by atoms with E-state index in [1.165, 1.54) is 25.3 Å². The van der Waals surface area contributed by atoms with Crippen LogP contribution in [0.15, 0.2) is 18.2 Å². The van der Waals surface area contributed by atoms with E-state index < -0.39 is 10.8 Å². The van der Waals surface area contributed by atoms with Crippen molar-refractivity contribution in [3.05, 3.63) is 33.9 Å². The summed E-state index contributed by atoms with van der Waals surface area (Å²) in [5.41, 5.74) is 0.0193. The molecular formula is C12H18ClN3O4. The van der Waals surface area contributed by atoms with Crippen molar-refractivity contribution < 1.29 is 14.5 Å². The van der Waals surface area contributed by atoms with Gasteiger partial charge < -0.3 is 15.4 Å². The summed E-state index contributed by atoms with van der Waals surface area (Å²) in [7, 11) is 1.41. The van der Waals surface area contributed by atoms with Gasteiger partial charge in [0.15, 0.2) is 0 Å². The van der Waals surface area contributed by atoms with Gasteiger partial charge in [-0.05, 0) is 12.6 Å². The lowest BCUT2D eigenvalue weighted by molar-refractivity contribution is -0.384. The third kappa shape index (κ3) is 5.02. The largest absolute Gasteiger partial charge is 0.496 e. The number of nitro benzene ring substituents is 1. The number of hydrogen-bond donors (Lipinski definition) is 2. The van der Waals surface area contributed by atoms with Gasteiger partial charge in [0.05, 0.1) is 17.6 Å². The van der Waals surface area contributed by atoms with E-state index in [1.807, 2.05) is 6.92 Å². The second kappa shape index (κ2) is 9.11. The van der Waals surface area contributed by atoms with Gasteiger partial charge >= 0.3 is 0 Å². The maximum absolute atomic E-state index is 11.9. The fraction of sp³-hybridized carbons (Fsp3) is 0.417. The highest BCUT2D eigenvalue weighted by atomic mass is 35.5. The lowest BCUT2D eigenvalue weighted by atomic mass is 10.1. The van der Waals surface area contributed by atoms with Crippen LogP contribution in [0.3, 0.4) is 0 Å². The van der Waals surface area contributed by atoms with Crippen LogP contribution in [0.1, 0.15) is 17.3 Å². The molecule has 112 valence electrons. The fourth-order valence-corrected chi connectivity index (χ4v) is 1.52. The van der Waals surface area contributed by atoms with Crippen molar-refractivity contribution in [2.45, 2.75) is 6.92 Å². The lowest BCUT2D eigenvalue weighted by Gasteiger charge is -2.09. The number of nitrogens with zero attached hydrogens (tertiary/aromatic N) is 1. The Balaban J connectivity index is 0.00000361. The third-order valence-electron chi connectivity index (χ3n) is 2.48. The zero-order valence-electron chi connectivity index (χ0n) is 11.3. The minimum Gasteiger partial charge on any atom is -0.496 e. The van der Waals surface area contributed by atoms with Crippen molar-refractivity contribution in [2.75, 3.05) is 26.7 Å². The number of benzene rings is 1. The van der Waals surface area contributed by atoms with Gasteiger partial charge in [-0.2, -0.15) is 0 Å². The number of halogens is 1. The molecule has 0 radical (unpaired) electrons. The molecule has 0 saturated carbocycles. The number of carbonyl (C=O) groups is 1. The Labute approximate surface area is 123 Å². The minimum absolute atomic E-state index is 0. The lowest BCUT2D eigenvalue weighted by Crippen LogP contribution is -2.31. The van der Waals surface area contributed by atoms with Gasteiger partial charge in [0.1, 0.15) is 5.75 Å². The molecule has 0 atom stereocenters. The van der Waals surface area contributed by atoms with Gasteiger partial charge in [-0.1, -0.05) is 6.92 Å². The van der Waals surface area contributed by atoms with Crippen molar-refractivity contribution in [3.63, 3.8) is 0 Å². The summed E-state index contributed by atoms with van der Waals surface area (Å²) in [5, 5.41) is 16.4. The highest BCUT2D eigenvalue weighted by molar-refractivity contribution is 5.97. The van der Waals surface area contributed by atoms with E-state index in [4.69, 9.17) is 4.74 Å². The van der Waals surface area contributed by atoms with Crippen LogP contribution >= 0.6 is 12.4 Å². The molecule has 1 rings (SSSR count). The monoisotopic (exact) mass is 303 g/mol. The molecule has 1 amide bonds. The SMILES string of the molecule is CCNCCNC(=O)c1cc([N+](=O)[O-])ccc1OC.Cl. The van der Waals surface area contributed by atoms with E-state index in [-0.39, 0.29) is 23.7 Å². The van der Waals surface area contributed by atoms with Crippen LogP contribution in [0.25, 0.3) is 0 Å². The Morgan fingerprint density at radius 2 is 2.10 bits per heavy atom. The summed E-state index contributed by atoms with van der Waals surface area (Å²) < 4.78 is 5.03. The van der Waals surface area contributed by atoms with E-state index in [1.54, 1.807) is 0 Å². The summed E-state index contributed by atoms with van der Waals surface area (Å²) in [6.45, 7) is 3.86. The number of methoxy groups -OCH3 is 1. The minimum atomic E-state index is -0.547. The molecule has 0 aromatic heterocycles. The molecule has 0 unspecified atom stereocenters. The predicted octanol–water partition coefficient (Wildman–Crippen LogP) is 1.36. The second-order valence-electron chi connectivity index (χ2n) is 3.75.